The smallest absolute Gasteiger partial charge is 0.347 e. The summed E-state index contributed by atoms with van der Waals surface area (Å²) in [5, 5.41) is -0.732. The van der Waals surface area contributed by atoms with E-state index in [0.29, 0.717) is 23.9 Å². The summed E-state index contributed by atoms with van der Waals surface area (Å²) in [6.07, 6.45) is -7.70. The minimum Gasteiger partial charge on any atom is -0.347 e. The zero-order chi connectivity index (χ0) is 27.6. The second-order valence-corrected chi connectivity index (χ2v) is 12.8. The highest BCUT2D eigenvalue weighted by Gasteiger charge is 2.48. The molecule has 1 fully saturated rings. The maximum Gasteiger partial charge on any atom is 0.417 e. The van der Waals surface area contributed by atoms with Crippen molar-refractivity contribution in [1.82, 2.24) is 9.29 Å². The number of hydrogen-bond acceptors (Lipinski definition) is 2. The Labute approximate surface area is 211 Å². The van der Waals surface area contributed by atoms with Gasteiger partial charge >= 0.3 is 12.4 Å². The minimum atomic E-state index is -4.93. The fourth-order valence-electron chi connectivity index (χ4n) is 4.58. The van der Waals surface area contributed by atoms with Gasteiger partial charge in [-0.2, -0.15) is 31.1 Å². The summed E-state index contributed by atoms with van der Waals surface area (Å²) in [6, 6.07) is 5.48. The molecule has 4 nitrogen and oxygen atoms in total. The number of rotatable bonds is 6. The van der Waals surface area contributed by atoms with Gasteiger partial charge in [0.25, 0.3) is 0 Å². The number of aryl methyl sites for hydroxylation is 1. The van der Waals surface area contributed by atoms with Gasteiger partial charge in [0.1, 0.15) is 6.04 Å². The number of alkyl halides is 6. The molecule has 0 unspecified atom stereocenters. The van der Waals surface area contributed by atoms with Crippen molar-refractivity contribution in [2.75, 3.05) is 0 Å². The van der Waals surface area contributed by atoms with Gasteiger partial charge in [0.15, 0.2) is 0 Å². The number of sulfonamides is 1. The van der Waals surface area contributed by atoms with Crippen molar-refractivity contribution >= 4 is 20.9 Å². The van der Waals surface area contributed by atoms with Crippen LogP contribution in [0, 0.1) is 12.3 Å². The normalized spacial score (nSPS) is 16.4. The number of nitrogens with one attached hydrogen (secondary N) is 1. The monoisotopic (exact) mass is 546 g/mol. The van der Waals surface area contributed by atoms with Crippen LogP contribution in [0.15, 0.2) is 42.6 Å². The largest absolute Gasteiger partial charge is 0.417 e. The van der Waals surface area contributed by atoms with Gasteiger partial charge in [-0.05, 0) is 54.0 Å². The van der Waals surface area contributed by atoms with Crippen LogP contribution in [0.2, 0.25) is 0 Å². The second-order valence-electron chi connectivity index (χ2n) is 10.8. The molecule has 0 bridgehead atoms. The van der Waals surface area contributed by atoms with Crippen LogP contribution in [0.5, 0.6) is 0 Å². The minimum absolute atomic E-state index is 0.0521. The van der Waals surface area contributed by atoms with Crippen molar-refractivity contribution in [1.29, 1.82) is 0 Å². The average molecular weight is 547 g/mol. The zero-order valence-electron chi connectivity index (χ0n) is 20.8. The number of hydrogen-bond donors (Lipinski definition) is 1. The molecule has 0 saturated heterocycles. The van der Waals surface area contributed by atoms with Crippen LogP contribution >= 0.6 is 0 Å². The lowest BCUT2D eigenvalue weighted by molar-refractivity contribution is -0.152. The summed E-state index contributed by atoms with van der Waals surface area (Å²) < 4.78 is 112. The molecule has 0 aliphatic heterocycles. The van der Waals surface area contributed by atoms with Crippen LogP contribution in [-0.2, 0) is 22.7 Å². The van der Waals surface area contributed by atoms with Crippen LogP contribution in [0.1, 0.15) is 56.3 Å². The zero-order valence-corrected chi connectivity index (χ0v) is 21.6. The van der Waals surface area contributed by atoms with E-state index >= 15 is 0 Å². The Hall–Kier alpha value is -2.53. The van der Waals surface area contributed by atoms with Gasteiger partial charge in [0.2, 0.25) is 10.0 Å². The molecule has 0 amide bonds. The SMILES string of the molecule is Cc1cccc(C(F)(F)F)c1-c1ccc2c([C@H](NS(=O)(=O)C3CC3)C(F)(F)F)cn(CC(C)(C)C)c2c1. The third-order valence-corrected chi connectivity index (χ3v) is 8.22. The summed E-state index contributed by atoms with van der Waals surface area (Å²) in [6.45, 7) is 7.43. The number of benzene rings is 2. The molecule has 3 aromatic rings. The summed E-state index contributed by atoms with van der Waals surface area (Å²) in [7, 11) is -4.20. The molecule has 11 heteroatoms. The summed E-state index contributed by atoms with van der Waals surface area (Å²) >= 11 is 0. The fourth-order valence-corrected chi connectivity index (χ4v) is 6.12. The molecule has 202 valence electrons. The van der Waals surface area contributed by atoms with Crippen LogP contribution < -0.4 is 4.72 Å². The number of nitrogens with zero attached hydrogens (tertiary/aromatic N) is 1. The van der Waals surface area contributed by atoms with Gasteiger partial charge in [0, 0.05) is 29.2 Å². The number of aromatic nitrogens is 1. The highest BCUT2D eigenvalue weighted by Crippen LogP contribution is 2.43. The maximum atomic E-state index is 14.2. The summed E-state index contributed by atoms with van der Waals surface area (Å²) in [5.41, 5.74) is -0.703. The van der Waals surface area contributed by atoms with Crippen molar-refractivity contribution in [3.63, 3.8) is 0 Å². The highest BCUT2D eigenvalue weighted by atomic mass is 32.2. The molecule has 1 N–H and O–H groups in total. The Morgan fingerprint density at radius 1 is 1.03 bits per heavy atom. The lowest BCUT2D eigenvalue weighted by Crippen LogP contribution is -2.39. The first-order valence-corrected chi connectivity index (χ1v) is 13.3. The van der Waals surface area contributed by atoms with Crippen LogP contribution in [0.4, 0.5) is 26.3 Å². The Morgan fingerprint density at radius 3 is 2.22 bits per heavy atom. The first-order chi connectivity index (χ1) is 16.9. The predicted molar refractivity (Wildman–Crippen MR) is 130 cm³/mol. The second kappa shape index (κ2) is 9.04. The molecule has 1 aliphatic carbocycles. The van der Waals surface area contributed by atoms with Crippen molar-refractivity contribution in [2.24, 2.45) is 5.41 Å². The van der Waals surface area contributed by atoms with Crippen molar-refractivity contribution < 1.29 is 34.8 Å². The molecule has 1 saturated carbocycles. The van der Waals surface area contributed by atoms with Crippen molar-refractivity contribution in [3.05, 3.63) is 59.3 Å². The number of fused-ring (bicyclic) bond motifs is 1. The number of halogens is 6. The average Bonchev–Trinajstić information content (AvgIpc) is 3.54. The van der Waals surface area contributed by atoms with Crippen molar-refractivity contribution in [2.45, 2.75) is 70.7 Å². The molecule has 1 heterocycles. The van der Waals surface area contributed by atoms with Gasteiger partial charge in [0.05, 0.1) is 10.8 Å². The van der Waals surface area contributed by atoms with Crippen LogP contribution in [-0.4, -0.2) is 24.4 Å². The molecular formula is C26H28F6N2O2S. The van der Waals surface area contributed by atoms with E-state index in [0.717, 1.165) is 6.07 Å². The maximum absolute atomic E-state index is 14.2. The van der Waals surface area contributed by atoms with Gasteiger partial charge < -0.3 is 4.57 Å². The topological polar surface area (TPSA) is 51.1 Å². The summed E-state index contributed by atoms with van der Waals surface area (Å²) in [5.74, 6) is 0. The van der Waals surface area contributed by atoms with Gasteiger partial charge in [-0.1, -0.05) is 45.0 Å². The van der Waals surface area contributed by atoms with E-state index in [4.69, 9.17) is 0 Å². The Balaban J connectivity index is 1.94. The standard InChI is InChI=1S/C26H28F6N2O2S/c1-15-6-5-7-20(25(27,28)29)22(15)16-8-11-18-19(13-34(21(18)12-16)14-24(2,3)4)23(26(30,31)32)33-37(35,36)17-9-10-17/h5-8,11-13,17,23,33H,9-10,14H2,1-4H3/t23-/m0/s1. The van der Waals surface area contributed by atoms with Gasteiger partial charge in [-0.15, -0.1) is 0 Å². The lowest BCUT2D eigenvalue weighted by Gasteiger charge is -2.22. The van der Waals surface area contributed by atoms with Gasteiger partial charge in [-0.3, -0.25) is 0 Å². The fraction of sp³-hybridized carbons (Fsp3) is 0.462. The first-order valence-electron chi connectivity index (χ1n) is 11.8. The van der Waals surface area contributed by atoms with E-state index in [9.17, 15) is 34.8 Å². The Morgan fingerprint density at radius 2 is 1.68 bits per heavy atom. The van der Waals surface area contributed by atoms with E-state index in [1.54, 1.807) is 17.6 Å². The lowest BCUT2D eigenvalue weighted by atomic mass is 9.93. The summed E-state index contributed by atoms with van der Waals surface area (Å²) in [4.78, 5) is 0. The van der Waals surface area contributed by atoms with E-state index in [1.807, 2.05) is 25.5 Å². The van der Waals surface area contributed by atoms with Gasteiger partial charge in [-0.25, -0.2) is 8.42 Å². The molecular weight excluding hydrogens is 518 g/mol. The van der Waals surface area contributed by atoms with Crippen molar-refractivity contribution in [3.8, 4) is 11.1 Å². The third kappa shape index (κ3) is 5.82. The van der Waals surface area contributed by atoms with E-state index < -0.39 is 39.2 Å². The third-order valence-electron chi connectivity index (χ3n) is 6.31. The molecule has 1 atom stereocenters. The quantitative estimate of drug-likeness (QED) is 0.328. The van der Waals surface area contributed by atoms with E-state index in [1.165, 1.54) is 30.5 Å². The molecule has 2 aromatic carbocycles. The molecule has 0 radical (unpaired) electrons. The van der Waals surface area contributed by atoms with Crippen LogP contribution in [0.3, 0.4) is 0 Å². The van der Waals surface area contributed by atoms with E-state index in [2.05, 4.69) is 0 Å². The van der Waals surface area contributed by atoms with Crippen LogP contribution in [0.25, 0.3) is 22.0 Å². The molecule has 4 rings (SSSR count). The highest BCUT2D eigenvalue weighted by molar-refractivity contribution is 7.90. The Bertz CT molecular complexity index is 1430. The molecule has 1 aromatic heterocycles. The first kappa shape index (κ1) is 27.5. The molecule has 37 heavy (non-hydrogen) atoms. The predicted octanol–water partition coefficient (Wildman–Crippen LogP) is 7.37. The van der Waals surface area contributed by atoms with E-state index in [-0.39, 0.29) is 34.0 Å². The Kier molecular flexibility index (Phi) is 6.72. The molecule has 0 spiro atoms. The molecule has 1 aliphatic rings.